The van der Waals surface area contributed by atoms with Gasteiger partial charge in [-0.2, -0.15) is 0 Å². The highest BCUT2D eigenvalue weighted by atomic mass is 19.1. The van der Waals surface area contributed by atoms with Gasteiger partial charge in [-0.05, 0) is 38.5 Å². The minimum absolute atomic E-state index is 0.197. The van der Waals surface area contributed by atoms with Crippen molar-refractivity contribution in [1.29, 1.82) is 0 Å². The zero-order valence-electron chi connectivity index (χ0n) is 9.80. The lowest BCUT2D eigenvalue weighted by molar-refractivity contribution is -0.117. The number of hydrogen-bond donors (Lipinski definition) is 2. The van der Waals surface area contributed by atoms with Gasteiger partial charge in [0.15, 0.2) is 0 Å². The summed E-state index contributed by atoms with van der Waals surface area (Å²) in [6.45, 7) is 5.20. The van der Waals surface area contributed by atoms with Crippen LogP contribution in [0.25, 0.3) is 0 Å². The number of nitrogens with two attached hydrogens (primary N) is 1. The predicted octanol–water partition coefficient (Wildman–Crippen LogP) is 2.20. The number of halogens is 1. The van der Waals surface area contributed by atoms with Crippen LogP contribution in [-0.4, -0.2) is 11.4 Å². The van der Waals surface area contributed by atoms with Crippen molar-refractivity contribution < 1.29 is 9.18 Å². The second kappa shape index (κ2) is 4.61. The Kier molecular flexibility index (Phi) is 3.65. The zero-order valence-corrected chi connectivity index (χ0v) is 9.80. The van der Waals surface area contributed by atoms with Gasteiger partial charge in [0, 0.05) is 17.6 Å². The average Bonchev–Trinajstić information content (AvgIpc) is 2.08. The molecule has 0 aromatic heterocycles. The molecule has 0 unspecified atom stereocenters. The molecule has 0 saturated heterocycles. The standard InChI is InChI=1S/C12H17FN2O/c1-8-4-5-9(6-10(8)13)15-11(16)7-12(2,3)14/h4-6H,7,14H2,1-3H3,(H,15,16). The lowest BCUT2D eigenvalue weighted by atomic mass is 10.0. The van der Waals surface area contributed by atoms with Crippen LogP contribution in [0.5, 0.6) is 0 Å². The summed E-state index contributed by atoms with van der Waals surface area (Å²) in [6, 6.07) is 4.59. The van der Waals surface area contributed by atoms with E-state index in [1.165, 1.54) is 6.07 Å². The summed E-state index contributed by atoms with van der Waals surface area (Å²) in [6.07, 6.45) is 0.197. The molecule has 4 heteroatoms. The Labute approximate surface area is 94.8 Å². The van der Waals surface area contributed by atoms with Crippen molar-refractivity contribution in [3.05, 3.63) is 29.6 Å². The van der Waals surface area contributed by atoms with Crippen molar-refractivity contribution in [2.75, 3.05) is 5.32 Å². The first-order valence-corrected chi connectivity index (χ1v) is 5.13. The fraction of sp³-hybridized carbons (Fsp3) is 0.417. The summed E-state index contributed by atoms with van der Waals surface area (Å²) in [7, 11) is 0. The molecule has 0 atom stereocenters. The number of hydrogen-bond acceptors (Lipinski definition) is 2. The van der Waals surface area contributed by atoms with Gasteiger partial charge in [0.05, 0.1) is 0 Å². The molecule has 88 valence electrons. The van der Waals surface area contributed by atoms with Crippen molar-refractivity contribution in [2.24, 2.45) is 5.73 Å². The summed E-state index contributed by atoms with van der Waals surface area (Å²) in [4.78, 5) is 11.5. The Bertz CT molecular complexity index is 396. The molecular weight excluding hydrogens is 207 g/mol. The molecule has 16 heavy (non-hydrogen) atoms. The van der Waals surface area contributed by atoms with E-state index >= 15 is 0 Å². The third-order valence-electron chi connectivity index (χ3n) is 2.07. The maximum atomic E-state index is 13.2. The Morgan fingerprint density at radius 2 is 2.12 bits per heavy atom. The molecule has 3 nitrogen and oxygen atoms in total. The molecule has 0 aliphatic rings. The molecule has 0 heterocycles. The van der Waals surface area contributed by atoms with Crippen LogP contribution in [-0.2, 0) is 4.79 Å². The number of carbonyl (C=O) groups is 1. The first-order valence-electron chi connectivity index (χ1n) is 5.13. The average molecular weight is 224 g/mol. The van der Waals surface area contributed by atoms with Gasteiger partial charge in [-0.1, -0.05) is 6.07 Å². The van der Waals surface area contributed by atoms with Gasteiger partial charge in [-0.25, -0.2) is 4.39 Å². The summed E-state index contributed by atoms with van der Waals surface area (Å²) in [5.41, 5.74) is 6.16. The smallest absolute Gasteiger partial charge is 0.226 e. The van der Waals surface area contributed by atoms with E-state index in [-0.39, 0.29) is 18.1 Å². The van der Waals surface area contributed by atoms with Crippen molar-refractivity contribution in [2.45, 2.75) is 32.7 Å². The second-order valence-corrected chi connectivity index (χ2v) is 4.68. The van der Waals surface area contributed by atoms with E-state index in [0.717, 1.165) is 0 Å². The molecular formula is C12H17FN2O. The van der Waals surface area contributed by atoms with Gasteiger partial charge in [-0.15, -0.1) is 0 Å². The molecule has 1 aromatic carbocycles. The minimum Gasteiger partial charge on any atom is -0.326 e. The first kappa shape index (κ1) is 12.6. The molecule has 1 rings (SSSR count). The quantitative estimate of drug-likeness (QED) is 0.827. The van der Waals surface area contributed by atoms with Crippen LogP contribution < -0.4 is 11.1 Å². The van der Waals surface area contributed by atoms with E-state index in [4.69, 9.17) is 5.73 Å². The monoisotopic (exact) mass is 224 g/mol. The molecule has 3 N–H and O–H groups in total. The summed E-state index contributed by atoms with van der Waals surface area (Å²) in [5.74, 6) is -0.541. The molecule has 0 saturated carbocycles. The van der Waals surface area contributed by atoms with Gasteiger partial charge >= 0.3 is 0 Å². The molecule has 0 bridgehead atoms. The lowest BCUT2D eigenvalue weighted by Gasteiger charge is -2.17. The maximum Gasteiger partial charge on any atom is 0.226 e. The summed E-state index contributed by atoms with van der Waals surface area (Å²) < 4.78 is 13.2. The zero-order chi connectivity index (χ0) is 12.3. The minimum atomic E-state index is -0.562. The van der Waals surface area contributed by atoms with Crippen LogP contribution in [0.2, 0.25) is 0 Å². The molecule has 1 aromatic rings. The predicted molar refractivity (Wildman–Crippen MR) is 62.7 cm³/mol. The highest BCUT2D eigenvalue weighted by Crippen LogP contribution is 2.14. The van der Waals surface area contributed by atoms with Crippen LogP contribution in [0.15, 0.2) is 18.2 Å². The van der Waals surface area contributed by atoms with Gasteiger partial charge in [0.1, 0.15) is 5.82 Å². The van der Waals surface area contributed by atoms with Crippen molar-refractivity contribution in [3.8, 4) is 0 Å². The fourth-order valence-electron chi connectivity index (χ4n) is 1.29. The van der Waals surface area contributed by atoms with Crippen molar-refractivity contribution in [3.63, 3.8) is 0 Å². The Morgan fingerprint density at radius 1 is 1.50 bits per heavy atom. The summed E-state index contributed by atoms with van der Waals surface area (Å²) in [5, 5.41) is 2.61. The Morgan fingerprint density at radius 3 is 2.62 bits per heavy atom. The largest absolute Gasteiger partial charge is 0.326 e. The third kappa shape index (κ3) is 3.98. The van der Waals surface area contributed by atoms with E-state index in [1.54, 1.807) is 32.9 Å². The SMILES string of the molecule is Cc1ccc(NC(=O)CC(C)(C)N)cc1F. The highest BCUT2D eigenvalue weighted by Gasteiger charge is 2.16. The molecule has 0 aliphatic heterocycles. The third-order valence-corrected chi connectivity index (χ3v) is 2.07. The number of carbonyl (C=O) groups excluding carboxylic acids is 1. The number of amides is 1. The van der Waals surface area contributed by atoms with Gasteiger partial charge < -0.3 is 11.1 Å². The van der Waals surface area contributed by atoms with E-state index in [1.807, 2.05) is 0 Å². The fourth-order valence-corrected chi connectivity index (χ4v) is 1.29. The number of benzene rings is 1. The van der Waals surface area contributed by atoms with E-state index in [2.05, 4.69) is 5.32 Å². The van der Waals surface area contributed by atoms with Gasteiger partial charge in [0.2, 0.25) is 5.91 Å². The van der Waals surface area contributed by atoms with Gasteiger partial charge in [-0.3, -0.25) is 4.79 Å². The topological polar surface area (TPSA) is 55.1 Å². The van der Waals surface area contributed by atoms with Crippen LogP contribution in [0.1, 0.15) is 25.8 Å². The van der Waals surface area contributed by atoms with E-state index in [9.17, 15) is 9.18 Å². The van der Waals surface area contributed by atoms with Crippen LogP contribution >= 0.6 is 0 Å². The Balaban J connectivity index is 2.67. The van der Waals surface area contributed by atoms with Crippen molar-refractivity contribution in [1.82, 2.24) is 0 Å². The van der Waals surface area contributed by atoms with Crippen molar-refractivity contribution >= 4 is 11.6 Å². The molecule has 0 radical (unpaired) electrons. The normalized spacial score (nSPS) is 11.3. The lowest BCUT2D eigenvalue weighted by Crippen LogP contribution is -2.36. The maximum absolute atomic E-state index is 13.2. The molecule has 0 aliphatic carbocycles. The highest BCUT2D eigenvalue weighted by molar-refractivity contribution is 5.91. The first-order chi connectivity index (χ1) is 7.28. The summed E-state index contributed by atoms with van der Waals surface area (Å²) >= 11 is 0. The van der Waals surface area contributed by atoms with E-state index in [0.29, 0.717) is 11.3 Å². The number of anilines is 1. The number of nitrogens with one attached hydrogen (secondary N) is 1. The Hall–Kier alpha value is -1.42. The van der Waals surface area contributed by atoms with Crippen LogP contribution in [0, 0.1) is 12.7 Å². The van der Waals surface area contributed by atoms with Crippen LogP contribution in [0.3, 0.4) is 0 Å². The molecule has 0 spiro atoms. The van der Waals surface area contributed by atoms with Crippen LogP contribution in [0.4, 0.5) is 10.1 Å². The van der Waals surface area contributed by atoms with Gasteiger partial charge in [0.25, 0.3) is 0 Å². The second-order valence-electron chi connectivity index (χ2n) is 4.68. The van der Waals surface area contributed by atoms with E-state index < -0.39 is 5.54 Å². The number of aryl methyl sites for hydroxylation is 1. The molecule has 0 fully saturated rings. The molecule has 1 amide bonds. The number of rotatable bonds is 3.